The first-order valence-electron chi connectivity index (χ1n) is 3.36. The molecular formula is C6H18Cl2O2Si. The molecule has 0 bridgehead atoms. The van der Waals surface area contributed by atoms with Crippen LogP contribution >= 0.6 is 24.8 Å². The Morgan fingerprint density at radius 3 is 1.27 bits per heavy atom. The lowest BCUT2D eigenvalue weighted by atomic mass is 10.5. The molecule has 0 rings (SSSR count). The van der Waals surface area contributed by atoms with Crippen molar-refractivity contribution in [3.8, 4) is 0 Å². The van der Waals surface area contributed by atoms with Crippen molar-refractivity contribution in [2.75, 3.05) is 0 Å². The molecule has 11 heavy (non-hydrogen) atoms. The molecular weight excluding hydrogens is 203 g/mol. The van der Waals surface area contributed by atoms with Crippen molar-refractivity contribution in [2.45, 2.75) is 39.9 Å². The zero-order valence-electron chi connectivity index (χ0n) is 7.49. The van der Waals surface area contributed by atoms with Crippen molar-refractivity contribution >= 4 is 34.8 Å². The van der Waals surface area contributed by atoms with Gasteiger partial charge in [0.25, 0.3) is 0 Å². The third kappa shape index (κ3) is 18.0. The van der Waals surface area contributed by atoms with Crippen LogP contribution in [0.2, 0.25) is 0 Å². The minimum atomic E-state index is -0.684. The lowest BCUT2D eigenvalue weighted by molar-refractivity contribution is 0.152. The van der Waals surface area contributed by atoms with E-state index in [1.807, 2.05) is 27.7 Å². The van der Waals surface area contributed by atoms with Gasteiger partial charge in [-0.15, -0.1) is 24.8 Å². The molecule has 0 radical (unpaired) electrons. The monoisotopic (exact) mass is 220 g/mol. The second-order valence-electron chi connectivity index (χ2n) is 2.55. The van der Waals surface area contributed by atoms with Gasteiger partial charge < -0.3 is 8.85 Å². The highest BCUT2D eigenvalue weighted by molar-refractivity contribution is 6.18. The normalized spacial score (nSPS) is 9.27. The van der Waals surface area contributed by atoms with Gasteiger partial charge in [0, 0.05) is 12.2 Å². The fourth-order valence-electron chi connectivity index (χ4n) is 0.311. The van der Waals surface area contributed by atoms with Gasteiger partial charge in [-0.1, -0.05) is 0 Å². The molecule has 0 spiro atoms. The zero-order chi connectivity index (χ0) is 7.28. The molecule has 0 saturated heterocycles. The van der Waals surface area contributed by atoms with Crippen LogP contribution < -0.4 is 0 Å². The smallest absolute Gasteiger partial charge is 0.304 e. The zero-order valence-corrected chi connectivity index (χ0v) is 10.5. The minimum Gasteiger partial charge on any atom is -0.396 e. The average Bonchev–Trinajstić information content (AvgIpc) is 1.63. The topological polar surface area (TPSA) is 18.5 Å². The average molecular weight is 221 g/mol. The number of hydrogen-bond donors (Lipinski definition) is 0. The summed E-state index contributed by atoms with van der Waals surface area (Å²) in [6.07, 6.45) is 0.658. The van der Waals surface area contributed by atoms with Gasteiger partial charge in [-0.05, 0) is 27.7 Å². The summed E-state index contributed by atoms with van der Waals surface area (Å²) < 4.78 is 10.5. The summed E-state index contributed by atoms with van der Waals surface area (Å²) in [7, 11) is -0.684. The molecule has 5 heteroatoms. The molecule has 0 aromatic heterocycles. The first-order chi connectivity index (χ1) is 4.13. The number of hydrogen-bond acceptors (Lipinski definition) is 2. The third-order valence-electron chi connectivity index (χ3n) is 0.803. The molecule has 0 amide bonds. The van der Waals surface area contributed by atoms with E-state index in [1.54, 1.807) is 0 Å². The maximum Gasteiger partial charge on any atom is 0.304 e. The molecule has 0 aliphatic carbocycles. The van der Waals surface area contributed by atoms with E-state index >= 15 is 0 Å². The highest BCUT2D eigenvalue weighted by Crippen LogP contribution is 1.89. The maximum absolute atomic E-state index is 5.27. The van der Waals surface area contributed by atoms with Gasteiger partial charge in [0.15, 0.2) is 0 Å². The van der Waals surface area contributed by atoms with Crippen molar-refractivity contribution in [1.82, 2.24) is 0 Å². The van der Waals surface area contributed by atoms with Gasteiger partial charge in [0.1, 0.15) is 0 Å². The Morgan fingerprint density at radius 1 is 0.818 bits per heavy atom. The summed E-state index contributed by atoms with van der Waals surface area (Å²) in [6.45, 7) is 8.10. The van der Waals surface area contributed by atoms with Crippen LogP contribution in [-0.4, -0.2) is 22.2 Å². The maximum atomic E-state index is 5.27. The standard InChI is InChI=1S/C6H16O2Si.2ClH/c1-5(2)7-9-8-6(3)4;;/h5-6H,9H2,1-4H3;2*1H. The molecule has 0 aliphatic rings. The molecule has 0 aromatic carbocycles. The lowest BCUT2D eigenvalue weighted by Gasteiger charge is -2.09. The Balaban J connectivity index is -0.000000320. The minimum absolute atomic E-state index is 0. The first-order valence-corrected chi connectivity index (χ1v) is 4.51. The van der Waals surface area contributed by atoms with Crippen LogP contribution in [0.5, 0.6) is 0 Å². The van der Waals surface area contributed by atoms with E-state index < -0.39 is 10.0 Å². The summed E-state index contributed by atoms with van der Waals surface area (Å²) in [4.78, 5) is 0. The van der Waals surface area contributed by atoms with Gasteiger partial charge in [-0.3, -0.25) is 0 Å². The van der Waals surface area contributed by atoms with E-state index in [0.717, 1.165) is 0 Å². The van der Waals surface area contributed by atoms with Crippen LogP contribution in [0.25, 0.3) is 0 Å². The number of halogens is 2. The van der Waals surface area contributed by atoms with Gasteiger partial charge in [-0.25, -0.2) is 0 Å². The molecule has 0 N–H and O–H groups in total. The molecule has 0 heterocycles. The van der Waals surface area contributed by atoms with E-state index in [2.05, 4.69) is 0 Å². The highest BCUT2D eigenvalue weighted by atomic mass is 35.5. The summed E-state index contributed by atoms with van der Waals surface area (Å²) >= 11 is 0. The summed E-state index contributed by atoms with van der Waals surface area (Å²) in [6, 6.07) is 0. The van der Waals surface area contributed by atoms with Crippen LogP contribution in [0, 0.1) is 0 Å². The van der Waals surface area contributed by atoms with Crippen LogP contribution in [0.3, 0.4) is 0 Å². The van der Waals surface area contributed by atoms with Gasteiger partial charge >= 0.3 is 10.0 Å². The van der Waals surface area contributed by atoms with Crippen molar-refractivity contribution in [3.63, 3.8) is 0 Å². The van der Waals surface area contributed by atoms with E-state index in [-0.39, 0.29) is 24.8 Å². The van der Waals surface area contributed by atoms with Crippen molar-refractivity contribution in [3.05, 3.63) is 0 Å². The van der Waals surface area contributed by atoms with Crippen LogP contribution in [0.1, 0.15) is 27.7 Å². The number of rotatable bonds is 4. The van der Waals surface area contributed by atoms with Crippen molar-refractivity contribution < 1.29 is 8.85 Å². The fraction of sp³-hybridized carbons (Fsp3) is 1.00. The van der Waals surface area contributed by atoms with Gasteiger partial charge in [-0.2, -0.15) is 0 Å². The van der Waals surface area contributed by atoms with Crippen molar-refractivity contribution in [2.24, 2.45) is 0 Å². The third-order valence-corrected chi connectivity index (χ3v) is 2.41. The quantitative estimate of drug-likeness (QED) is 0.672. The van der Waals surface area contributed by atoms with Crippen LogP contribution in [0.15, 0.2) is 0 Å². The molecule has 0 unspecified atom stereocenters. The summed E-state index contributed by atoms with van der Waals surface area (Å²) in [5.74, 6) is 0. The van der Waals surface area contributed by atoms with E-state index in [1.165, 1.54) is 0 Å². The fourth-order valence-corrected chi connectivity index (χ4v) is 0.934. The second-order valence-corrected chi connectivity index (χ2v) is 3.45. The van der Waals surface area contributed by atoms with Crippen LogP contribution in [0.4, 0.5) is 0 Å². The molecule has 0 atom stereocenters. The van der Waals surface area contributed by atoms with E-state index in [0.29, 0.717) is 12.2 Å². The van der Waals surface area contributed by atoms with Gasteiger partial charge in [0.05, 0.1) is 0 Å². The first kappa shape index (κ1) is 17.7. The Labute approximate surface area is 83.9 Å². The molecule has 0 aromatic rings. The lowest BCUT2D eigenvalue weighted by Crippen LogP contribution is -2.14. The Morgan fingerprint density at radius 2 is 1.09 bits per heavy atom. The van der Waals surface area contributed by atoms with E-state index in [4.69, 9.17) is 8.85 Å². The molecule has 0 fully saturated rings. The summed E-state index contributed by atoms with van der Waals surface area (Å²) in [5, 5.41) is 0. The Kier molecular flexibility index (Phi) is 17.3. The van der Waals surface area contributed by atoms with Crippen molar-refractivity contribution in [1.29, 1.82) is 0 Å². The SMILES string of the molecule is CC(C)O[SiH2]OC(C)C.Cl.Cl. The summed E-state index contributed by atoms with van der Waals surface area (Å²) in [5.41, 5.74) is 0. The highest BCUT2D eigenvalue weighted by Gasteiger charge is 1.95. The molecule has 0 aliphatic heterocycles. The largest absolute Gasteiger partial charge is 0.396 e. The van der Waals surface area contributed by atoms with E-state index in [9.17, 15) is 0 Å². The Hall–Kier alpha value is 0.717. The van der Waals surface area contributed by atoms with Gasteiger partial charge in [0.2, 0.25) is 0 Å². The Bertz CT molecular complexity index is 63.6. The molecule has 72 valence electrons. The molecule has 2 nitrogen and oxygen atoms in total. The predicted octanol–water partition coefficient (Wildman–Crippen LogP) is 1.68. The second kappa shape index (κ2) is 10.7. The molecule has 0 saturated carbocycles. The predicted molar refractivity (Wildman–Crippen MR) is 55.5 cm³/mol. The van der Waals surface area contributed by atoms with Crippen LogP contribution in [-0.2, 0) is 8.85 Å².